The highest BCUT2D eigenvalue weighted by atomic mass is 16.5. The van der Waals surface area contributed by atoms with Crippen molar-refractivity contribution < 1.29 is 9.53 Å². The van der Waals surface area contributed by atoms with Crippen LogP contribution in [0.4, 0.5) is 0 Å². The average molecular weight is 232 g/mol. The van der Waals surface area contributed by atoms with Crippen LogP contribution in [0.5, 0.6) is 5.75 Å². The van der Waals surface area contributed by atoms with Crippen LogP contribution in [0.15, 0.2) is 24.3 Å². The van der Waals surface area contributed by atoms with Crippen LogP contribution >= 0.6 is 0 Å². The van der Waals surface area contributed by atoms with Crippen molar-refractivity contribution in [3.05, 3.63) is 29.8 Å². The first-order valence-electron chi connectivity index (χ1n) is 6.56. The molecule has 0 aliphatic heterocycles. The van der Waals surface area contributed by atoms with Gasteiger partial charge in [0.15, 0.2) is 6.29 Å². The fourth-order valence-corrected chi connectivity index (χ4v) is 2.64. The van der Waals surface area contributed by atoms with Crippen molar-refractivity contribution in [1.29, 1.82) is 0 Å². The second kappa shape index (κ2) is 5.85. The number of para-hydroxylation sites is 1. The Bertz CT molecular complexity index is 373. The van der Waals surface area contributed by atoms with E-state index in [0.29, 0.717) is 11.5 Å². The zero-order valence-corrected chi connectivity index (χ0v) is 10.4. The number of carbonyl (C=O) groups is 1. The third-order valence-corrected chi connectivity index (χ3v) is 3.69. The van der Waals surface area contributed by atoms with Gasteiger partial charge >= 0.3 is 0 Å². The molecule has 0 aromatic heterocycles. The van der Waals surface area contributed by atoms with Crippen LogP contribution in [0.3, 0.4) is 0 Å². The second-order valence-electron chi connectivity index (χ2n) is 4.76. The molecular formula is C15H20O2. The number of hydrogen-bond donors (Lipinski definition) is 0. The van der Waals surface area contributed by atoms with Crippen molar-refractivity contribution >= 4 is 6.29 Å². The van der Waals surface area contributed by atoms with E-state index >= 15 is 0 Å². The Morgan fingerprint density at radius 1 is 1.29 bits per heavy atom. The van der Waals surface area contributed by atoms with Gasteiger partial charge in [0.1, 0.15) is 11.9 Å². The molecule has 1 aromatic rings. The molecule has 0 spiro atoms. The summed E-state index contributed by atoms with van der Waals surface area (Å²) in [6, 6.07) is 7.50. The molecule has 2 unspecified atom stereocenters. The van der Waals surface area contributed by atoms with Gasteiger partial charge in [-0.15, -0.1) is 0 Å². The molecule has 1 aromatic carbocycles. The molecule has 1 aliphatic carbocycles. The summed E-state index contributed by atoms with van der Waals surface area (Å²) in [6.45, 7) is 2.22. The van der Waals surface area contributed by atoms with Gasteiger partial charge in [0.2, 0.25) is 0 Å². The highest BCUT2D eigenvalue weighted by molar-refractivity contribution is 5.79. The smallest absolute Gasteiger partial charge is 0.153 e. The Morgan fingerprint density at radius 2 is 2.06 bits per heavy atom. The van der Waals surface area contributed by atoms with Crippen molar-refractivity contribution in [2.45, 2.75) is 45.1 Å². The number of carbonyl (C=O) groups excluding carboxylic acids is 1. The number of ether oxygens (including phenoxy) is 1. The van der Waals surface area contributed by atoms with Crippen LogP contribution in [-0.2, 0) is 0 Å². The predicted molar refractivity (Wildman–Crippen MR) is 68.5 cm³/mol. The molecule has 0 heterocycles. The number of rotatable bonds is 4. The highest BCUT2D eigenvalue weighted by Gasteiger charge is 2.25. The summed E-state index contributed by atoms with van der Waals surface area (Å²) in [7, 11) is 0. The van der Waals surface area contributed by atoms with Gasteiger partial charge in [0.25, 0.3) is 0 Å². The zero-order valence-electron chi connectivity index (χ0n) is 10.4. The van der Waals surface area contributed by atoms with E-state index in [1.807, 2.05) is 24.3 Å². The van der Waals surface area contributed by atoms with Crippen LogP contribution in [0.2, 0.25) is 0 Å². The minimum absolute atomic E-state index is 0.287. The van der Waals surface area contributed by atoms with Gasteiger partial charge in [-0.3, -0.25) is 4.79 Å². The topological polar surface area (TPSA) is 26.3 Å². The van der Waals surface area contributed by atoms with Gasteiger partial charge in [0, 0.05) is 0 Å². The van der Waals surface area contributed by atoms with Crippen molar-refractivity contribution in [2.24, 2.45) is 5.92 Å². The van der Waals surface area contributed by atoms with E-state index in [1.165, 1.54) is 19.3 Å². The lowest BCUT2D eigenvalue weighted by Crippen LogP contribution is -2.30. The fraction of sp³-hybridized carbons (Fsp3) is 0.533. The van der Waals surface area contributed by atoms with Crippen LogP contribution in [-0.4, -0.2) is 12.4 Å². The predicted octanol–water partition coefficient (Wildman–Crippen LogP) is 3.85. The largest absolute Gasteiger partial charge is 0.489 e. The van der Waals surface area contributed by atoms with Crippen LogP contribution < -0.4 is 4.74 Å². The quantitative estimate of drug-likeness (QED) is 0.737. The Balaban J connectivity index is 2.10. The fourth-order valence-electron chi connectivity index (χ4n) is 2.64. The molecule has 0 amide bonds. The minimum Gasteiger partial charge on any atom is -0.489 e. The Morgan fingerprint density at radius 3 is 2.82 bits per heavy atom. The first kappa shape index (κ1) is 12.2. The molecule has 17 heavy (non-hydrogen) atoms. The molecule has 2 nitrogen and oxygen atoms in total. The summed E-state index contributed by atoms with van der Waals surface area (Å²) >= 11 is 0. The van der Waals surface area contributed by atoms with Crippen molar-refractivity contribution in [3.63, 3.8) is 0 Å². The van der Waals surface area contributed by atoms with Crippen LogP contribution in [0.1, 0.15) is 49.4 Å². The highest BCUT2D eigenvalue weighted by Crippen LogP contribution is 2.31. The standard InChI is InChI=1S/C15H20O2/c1-2-12-7-3-5-9-14(12)17-15-10-6-4-8-13(15)11-16/h4,6,8,10-12,14H,2-3,5,7,9H2,1H3. The summed E-state index contributed by atoms with van der Waals surface area (Å²) in [4.78, 5) is 10.9. The molecule has 0 N–H and O–H groups in total. The summed E-state index contributed by atoms with van der Waals surface area (Å²) in [5.41, 5.74) is 0.660. The second-order valence-corrected chi connectivity index (χ2v) is 4.76. The number of hydrogen-bond acceptors (Lipinski definition) is 2. The van der Waals surface area contributed by atoms with E-state index in [4.69, 9.17) is 4.74 Å². The van der Waals surface area contributed by atoms with Gasteiger partial charge in [-0.1, -0.05) is 25.5 Å². The maximum atomic E-state index is 10.9. The third-order valence-electron chi connectivity index (χ3n) is 3.69. The van der Waals surface area contributed by atoms with E-state index in [2.05, 4.69) is 6.92 Å². The molecule has 2 rings (SSSR count). The minimum atomic E-state index is 0.287. The molecule has 1 aliphatic rings. The lowest BCUT2D eigenvalue weighted by Gasteiger charge is -2.31. The van der Waals surface area contributed by atoms with Crippen molar-refractivity contribution in [1.82, 2.24) is 0 Å². The van der Waals surface area contributed by atoms with Gasteiger partial charge < -0.3 is 4.74 Å². The Labute approximate surface area is 103 Å². The van der Waals surface area contributed by atoms with Crippen molar-refractivity contribution in [3.8, 4) is 5.75 Å². The average Bonchev–Trinajstić information content (AvgIpc) is 2.40. The summed E-state index contributed by atoms with van der Waals surface area (Å²) in [5, 5.41) is 0. The van der Waals surface area contributed by atoms with Gasteiger partial charge in [0.05, 0.1) is 5.56 Å². The van der Waals surface area contributed by atoms with Crippen LogP contribution in [0.25, 0.3) is 0 Å². The summed E-state index contributed by atoms with van der Waals surface area (Å²) in [6.07, 6.45) is 7.25. The monoisotopic (exact) mass is 232 g/mol. The molecule has 1 saturated carbocycles. The molecule has 0 radical (unpaired) electrons. The first-order valence-corrected chi connectivity index (χ1v) is 6.56. The zero-order chi connectivity index (χ0) is 12.1. The normalized spacial score (nSPS) is 24.3. The van der Waals surface area contributed by atoms with E-state index in [-0.39, 0.29) is 6.10 Å². The lowest BCUT2D eigenvalue weighted by molar-refractivity contribution is 0.0884. The molecule has 2 heteroatoms. The maximum absolute atomic E-state index is 10.9. The van der Waals surface area contributed by atoms with Crippen LogP contribution in [0, 0.1) is 5.92 Å². The first-order chi connectivity index (χ1) is 8.35. The molecule has 0 bridgehead atoms. The SMILES string of the molecule is CCC1CCCCC1Oc1ccccc1C=O. The number of benzene rings is 1. The lowest BCUT2D eigenvalue weighted by atomic mass is 9.84. The van der Waals surface area contributed by atoms with Gasteiger partial charge in [-0.05, 0) is 43.7 Å². The Hall–Kier alpha value is -1.31. The van der Waals surface area contributed by atoms with E-state index < -0.39 is 0 Å². The van der Waals surface area contributed by atoms with E-state index in [9.17, 15) is 4.79 Å². The van der Waals surface area contributed by atoms with E-state index in [1.54, 1.807) is 0 Å². The van der Waals surface area contributed by atoms with Crippen molar-refractivity contribution in [2.75, 3.05) is 0 Å². The molecule has 1 fully saturated rings. The van der Waals surface area contributed by atoms with Gasteiger partial charge in [-0.2, -0.15) is 0 Å². The Kier molecular flexibility index (Phi) is 4.18. The van der Waals surface area contributed by atoms with E-state index in [0.717, 1.165) is 24.9 Å². The third kappa shape index (κ3) is 2.87. The molecule has 92 valence electrons. The molecular weight excluding hydrogens is 212 g/mol. The maximum Gasteiger partial charge on any atom is 0.153 e. The molecule has 2 atom stereocenters. The summed E-state index contributed by atoms with van der Waals surface area (Å²) < 4.78 is 6.05. The number of aldehydes is 1. The molecule has 0 saturated heterocycles. The van der Waals surface area contributed by atoms with Gasteiger partial charge in [-0.25, -0.2) is 0 Å². The summed E-state index contributed by atoms with van der Waals surface area (Å²) in [5.74, 6) is 1.39.